The molecule has 0 saturated heterocycles. The van der Waals surface area contributed by atoms with Crippen molar-refractivity contribution in [3.63, 3.8) is 0 Å². The van der Waals surface area contributed by atoms with Gasteiger partial charge in [0.05, 0.1) is 0 Å². The molecule has 0 fully saturated rings. The van der Waals surface area contributed by atoms with Crippen molar-refractivity contribution in [3.8, 4) is 5.75 Å². The standard InChI is InChI=1S/C15H14BrNO2S/c1-20-14-8-6-13(7-9-14)19-10-15(18)17-12-4-2-11(16)3-5-12/h2-9H,10H2,1H3,(H,17,18). The molecule has 3 nitrogen and oxygen atoms in total. The second kappa shape index (κ2) is 7.36. The van der Waals surface area contributed by atoms with E-state index >= 15 is 0 Å². The molecule has 0 saturated carbocycles. The fraction of sp³-hybridized carbons (Fsp3) is 0.133. The Morgan fingerprint density at radius 2 is 1.80 bits per heavy atom. The lowest BCUT2D eigenvalue weighted by molar-refractivity contribution is -0.118. The largest absolute Gasteiger partial charge is 0.484 e. The number of hydrogen-bond acceptors (Lipinski definition) is 3. The number of nitrogens with one attached hydrogen (secondary N) is 1. The van der Waals surface area contributed by atoms with Crippen LogP contribution in [0.5, 0.6) is 5.75 Å². The minimum Gasteiger partial charge on any atom is -0.484 e. The van der Waals surface area contributed by atoms with Crippen LogP contribution in [0, 0.1) is 0 Å². The molecule has 0 aromatic heterocycles. The molecule has 0 unspecified atom stereocenters. The highest BCUT2D eigenvalue weighted by Gasteiger charge is 2.03. The van der Waals surface area contributed by atoms with E-state index in [0.717, 1.165) is 15.1 Å². The van der Waals surface area contributed by atoms with Crippen molar-refractivity contribution in [1.29, 1.82) is 0 Å². The molecule has 0 aliphatic rings. The van der Waals surface area contributed by atoms with Crippen LogP contribution in [0.15, 0.2) is 57.9 Å². The van der Waals surface area contributed by atoms with Crippen molar-refractivity contribution >= 4 is 39.3 Å². The average molecular weight is 352 g/mol. The predicted octanol–water partition coefficient (Wildman–Crippen LogP) is 4.19. The van der Waals surface area contributed by atoms with Crippen LogP contribution < -0.4 is 10.1 Å². The summed E-state index contributed by atoms with van der Waals surface area (Å²) in [5.41, 5.74) is 0.750. The fourth-order valence-corrected chi connectivity index (χ4v) is 2.22. The second-order valence-electron chi connectivity index (χ2n) is 4.02. The number of thioether (sulfide) groups is 1. The number of rotatable bonds is 5. The molecule has 1 amide bonds. The van der Waals surface area contributed by atoms with Gasteiger partial charge in [-0.15, -0.1) is 11.8 Å². The van der Waals surface area contributed by atoms with Crippen molar-refractivity contribution < 1.29 is 9.53 Å². The normalized spacial score (nSPS) is 10.1. The molecule has 2 rings (SSSR count). The van der Waals surface area contributed by atoms with E-state index in [-0.39, 0.29) is 12.5 Å². The lowest BCUT2D eigenvalue weighted by Crippen LogP contribution is -2.20. The molecule has 0 aliphatic carbocycles. The third-order valence-corrected chi connectivity index (χ3v) is 3.83. The minimum atomic E-state index is -0.179. The lowest BCUT2D eigenvalue weighted by Gasteiger charge is -2.08. The van der Waals surface area contributed by atoms with E-state index in [1.165, 1.54) is 0 Å². The van der Waals surface area contributed by atoms with Gasteiger partial charge >= 0.3 is 0 Å². The van der Waals surface area contributed by atoms with Crippen molar-refractivity contribution in [2.24, 2.45) is 0 Å². The zero-order chi connectivity index (χ0) is 14.4. The summed E-state index contributed by atoms with van der Waals surface area (Å²) in [6.45, 7) is -0.00528. The van der Waals surface area contributed by atoms with E-state index in [4.69, 9.17) is 4.74 Å². The number of ether oxygens (including phenoxy) is 1. The van der Waals surface area contributed by atoms with Gasteiger partial charge in [0.15, 0.2) is 6.61 Å². The third kappa shape index (κ3) is 4.58. The maximum Gasteiger partial charge on any atom is 0.262 e. The number of benzene rings is 2. The van der Waals surface area contributed by atoms with Gasteiger partial charge < -0.3 is 10.1 Å². The predicted molar refractivity (Wildman–Crippen MR) is 86.5 cm³/mol. The number of carbonyl (C=O) groups is 1. The monoisotopic (exact) mass is 351 g/mol. The van der Waals surface area contributed by atoms with Crippen LogP contribution in [0.2, 0.25) is 0 Å². The summed E-state index contributed by atoms with van der Waals surface area (Å²) in [6, 6.07) is 15.1. The first-order chi connectivity index (χ1) is 9.67. The SMILES string of the molecule is CSc1ccc(OCC(=O)Nc2ccc(Br)cc2)cc1. The zero-order valence-electron chi connectivity index (χ0n) is 10.9. The Hall–Kier alpha value is -1.46. The molecule has 1 N–H and O–H groups in total. The number of amides is 1. The molecule has 2 aromatic rings. The maximum absolute atomic E-state index is 11.7. The van der Waals surface area contributed by atoms with E-state index in [0.29, 0.717) is 5.75 Å². The van der Waals surface area contributed by atoms with Crippen molar-refractivity contribution in [2.75, 3.05) is 18.2 Å². The molecule has 20 heavy (non-hydrogen) atoms. The highest BCUT2D eigenvalue weighted by molar-refractivity contribution is 9.10. The molecule has 5 heteroatoms. The molecule has 2 aromatic carbocycles. The summed E-state index contributed by atoms with van der Waals surface area (Å²) in [6.07, 6.45) is 2.02. The molecular weight excluding hydrogens is 338 g/mol. The van der Waals surface area contributed by atoms with Gasteiger partial charge in [-0.3, -0.25) is 4.79 Å². The Morgan fingerprint density at radius 1 is 1.15 bits per heavy atom. The summed E-state index contributed by atoms with van der Waals surface area (Å²) >= 11 is 5.01. The molecule has 0 aliphatic heterocycles. The van der Waals surface area contributed by atoms with E-state index in [9.17, 15) is 4.79 Å². The number of anilines is 1. The van der Waals surface area contributed by atoms with Gasteiger partial charge in [0.1, 0.15) is 5.75 Å². The summed E-state index contributed by atoms with van der Waals surface area (Å²) in [7, 11) is 0. The Labute approximate surface area is 130 Å². The fourth-order valence-electron chi connectivity index (χ4n) is 1.55. The van der Waals surface area contributed by atoms with Crippen LogP contribution in [0.1, 0.15) is 0 Å². The van der Waals surface area contributed by atoms with Gasteiger partial charge in [0.25, 0.3) is 5.91 Å². The van der Waals surface area contributed by atoms with E-state index < -0.39 is 0 Å². The van der Waals surface area contributed by atoms with Gasteiger partial charge in [-0.2, -0.15) is 0 Å². The summed E-state index contributed by atoms with van der Waals surface area (Å²) in [5, 5.41) is 2.77. The van der Waals surface area contributed by atoms with Gasteiger partial charge in [-0.1, -0.05) is 15.9 Å². The Kier molecular flexibility index (Phi) is 5.49. The molecule has 0 spiro atoms. The average Bonchev–Trinajstić information content (AvgIpc) is 2.48. The van der Waals surface area contributed by atoms with Gasteiger partial charge in [0.2, 0.25) is 0 Å². The van der Waals surface area contributed by atoms with Crippen LogP contribution in [0.3, 0.4) is 0 Å². The van der Waals surface area contributed by atoms with E-state index in [2.05, 4.69) is 21.2 Å². The Bertz CT molecular complexity index is 569. The van der Waals surface area contributed by atoms with Gasteiger partial charge in [-0.05, 0) is 54.8 Å². The number of halogens is 1. The van der Waals surface area contributed by atoms with Crippen LogP contribution >= 0.6 is 27.7 Å². The van der Waals surface area contributed by atoms with Gasteiger partial charge in [-0.25, -0.2) is 0 Å². The summed E-state index contributed by atoms with van der Waals surface area (Å²) in [4.78, 5) is 12.9. The van der Waals surface area contributed by atoms with Crippen molar-refractivity contribution in [1.82, 2.24) is 0 Å². The topological polar surface area (TPSA) is 38.3 Å². The van der Waals surface area contributed by atoms with Crippen molar-refractivity contribution in [2.45, 2.75) is 4.90 Å². The lowest BCUT2D eigenvalue weighted by atomic mass is 10.3. The first-order valence-electron chi connectivity index (χ1n) is 5.99. The third-order valence-electron chi connectivity index (χ3n) is 2.56. The van der Waals surface area contributed by atoms with Crippen LogP contribution in [-0.4, -0.2) is 18.8 Å². The maximum atomic E-state index is 11.7. The van der Waals surface area contributed by atoms with E-state index in [1.807, 2.05) is 54.8 Å². The second-order valence-corrected chi connectivity index (χ2v) is 5.81. The van der Waals surface area contributed by atoms with Crippen LogP contribution in [-0.2, 0) is 4.79 Å². The highest BCUT2D eigenvalue weighted by atomic mass is 79.9. The number of carbonyl (C=O) groups excluding carboxylic acids is 1. The molecule has 0 bridgehead atoms. The molecule has 0 heterocycles. The number of hydrogen-bond donors (Lipinski definition) is 1. The molecule has 0 atom stereocenters. The quantitative estimate of drug-likeness (QED) is 0.820. The van der Waals surface area contributed by atoms with Crippen LogP contribution in [0.25, 0.3) is 0 Å². The molecular formula is C15H14BrNO2S. The molecule has 104 valence electrons. The highest BCUT2D eigenvalue weighted by Crippen LogP contribution is 2.19. The first kappa shape index (κ1) is 14.9. The summed E-state index contributed by atoms with van der Waals surface area (Å²) < 4.78 is 6.41. The summed E-state index contributed by atoms with van der Waals surface area (Å²) in [5.74, 6) is 0.509. The van der Waals surface area contributed by atoms with Crippen LogP contribution in [0.4, 0.5) is 5.69 Å². The Balaban J connectivity index is 1.83. The first-order valence-corrected chi connectivity index (χ1v) is 8.01. The van der Waals surface area contributed by atoms with Gasteiger partial charge in [0, 0.05) is 15.1 Å². The zero-order valence-corrected chi connectivity index (χ0v) is 13.3. The van der Waals surface area contributed by atoms with E-state index in [1.54, 1.807) is 11.8 Å². The van der Waals surface area contributed by atoms with Crippen molar-refractivity contribution in [3.05, 3.63) is 53.0 Å². The minimum absolute atomic E-state index is 0.00528. The smallest absolute Gasteiger partial charge is 0.262 e. The molecule has 0 radical (unpaired) electrons. The Morgan fingerprint density at radius 3 is 2.40 bits per heavy atom.